The zero-order chi connectivity index (χ0) is 15.8. The lowest BCUT2D eigenvalue weighted by atomic mass is 10.2. The number of amidine groups is 1. The monoisotopic (exact) mass is 316 g/mol. The van der Waals surface area contributed by atoms with Crippen LogP contribution in [-0.4, -0.2) is 18.0 Å². The van der Waals surface area contributed by atoms with Crippen LogP contribution in [-0.2, 0) is 13.0 Å². The molecule has 0 aliphatic carbocycles. The Balaban J connectivity index is 1.81. The van der Waals surface area contributed by atoms with Crippen LogP contribution in [0, 0.1) is 5.41 Å². The fourth-order valence-electron chi connectivity index (χ4n) is 1.92. The lowest BCUT2D eigenvalue weighted by Gasteiger charge is -2.08. The number of thioether (sulfide) groups is 1. The van der Waals surface area contributed by atoms with Crippen LogP contribution >= 0.6 is 11.8 Å². The molecule has 4 nitrogen and oxygen atoms in total. The number of hydrogen-bond acceptors (Lipinski definition) is 4. The molecule has 0 saturated carbocycles. The number of ether oxygens (including phenoxy) is 2. The highest BCUT2D eigenvalue weighted by Gasteiger charge is 1.99. The van der Waals surface area contributed by atoms with E-state index in [4.69, 9.17) is 20.6 Å². The minimum absolute atomic E-state index is 0.166. The average Bonchev–Trinajstić information content (AvgIpc) is 2.54. The maximum absolute atomic E-state index is 7.17. The van der Waals surface area contributed by atoms with Crippen molar-refractivity contribution in [3.63, 3.8) is 0 Å². The predicted octanol–water partition coefficient (Wildman–Crippen LogP) is 3.44. The second-order valence-corrected chi connectivity index (χ2v) is 5.88. The molecular weight excluding hydrogens is 296 g/mol. The molecule has 0 radical (unpaired) electrons. The van der Waals surface area contributed by atoms with Gasteiger partial charge in [0.2, 0.25) is 0 Å². The van der Waals surface area contributed by atoms with Gasteiger partial charge in [0.1, 0.15) is 18.1 Å². The van der Waals surface area contributed by atoms with Gasteiger partial charge in [-0.05, 0) is 41.8 Å². The summed E-state index contributed by atoms with van der Waals surface area (Å²) in [4.78, 5) is 0. The Morgan fingerprint density at radius 3 is 2.18 bits per heavy atom. The molecular formula is C17H20N2O2S. The third-order valence-electron chi connectivity index (χ3n) is 3.14. The molecule has 3 N–H and O–H groups in total. The summed E-state index contributed by atoms with van der Waals surface area (Å²) in [6, 6.07) is 15.9. The van der Waals surface area contributed by atoms with Crippen molar-refractivity contribution in [2.45, 2.75) is 13.0 Å². The first-order valence-electron chi connectivity index (χ1n) is 6.99. The highest BCUT2D eigenvalue weighted by molar-refractivity contribution is 8.13. The lowest BCUT2D eigenvalue weighted by Crippen LogP contribution is -2.05. The highest BCUT2D eigenvalue weighted by atomic mass is 32.2. The summed E-state index contributed by atoms with van der Waals surface area (Å²) in [5.74, 6) is 2.51. The summed E-state index contributed by atoms with van der Waals surface area (Å²) in [5.41, 5.74) is 7.63. The average molecular weight is 316 g/mol. The van der Waals surface area contributed by atoms with E-state index in [1.165, 1.54) is 17.3 Å². The Morgan fingerprint density at radius 1 is 1.00 bits per heavy atom. The van der Waals surface area contributed by atoms with Gasteiger partial charge in [0, 0.05) is 5.75 Å². The SMILES string of the molecule is COc1ccc(COc2ccc(CCSC(=N)N)cc2)cc1. The smallest absolute Gasteiger partial charge is 0.151 e. The molecule has 116 valence electrons. The Labute approximate surface area is 135 Å². The molecule has 2 rings (SSSR count). The Bertz CT molecular complexity index is 597. The van der Waals surface area contributed by atoms with E-state index >= 15 is 0 Å². The first kappa shape index (κ1) is 16.2. The molecule has 0 spiro atoms. The van der Waals surface area contributed by atoms with Gasteiger partial charge in [-0.1, -0.05) is 36.0 Å². The first-order valence-corrected chi connectivity index (χ1v) is 7.97. The summed E-state index contributed by atoms with van der Waals surface area (Å²) in [6.45, 7) is 0.531. The van der Waals surface area contributed by atoms with Gasteiger partial charge in [0.15, 0.2) is 5.17 Å². The van der Waals surface area contributed by atoms with Crippen molar-refractivity contribution in [3.05, 3.63) is 59.7 Å². The van der Waals surface area contributed by atoms with Crippen molar-refractivity contribution in [3.8, 4) is 11.5 Å². The molecule has 0 bridgehead atoms. The van der Waals surface area contributed by atoms with Gasteiger partial charge in [0.05, 0.1) is 7.11 Å². The van der Waals surface area contributed by atoms with Crippen molar-refractivity contribution in [1.82, 2.24) is 0 Å². The van der Waals surface area contributed by atoms with E-state index in [0.717, 1.165) is 29.2 Å². The Kier molecular flexibility index (Phi) is 6.15. The van der Waals surface area contributed by atoms with E-state index in [2.05, 4.69) is 0 Å². The number of hydrogen-bond donors (Lipinski definition) is 2. The van der Waals surface area contributed by atoms with E-state index in [-0.39, 0.29) is 5.17 Å². The quantitative estimate of drug-likeness (QED) is 0.606. The summed E-state index contributed by atoms with van der Waals surface area (Å²) in [7, 11) is 1.65. The number of aryl methyl sites for hydroxylation is 1. The van der Waals surface area contributed by atoms with E-state index in [1.807, 2.05) is 48.5 Å². The molecule has 22 heavy (non-hydrogen) atoms. The van der Waals surface area contributed by atoms with Gasteiger partial charge in [0.25, 0.3) is 0 Å². The summed E-state index contributed by atoms with van der Waals surface area (Å²) in [6.07, 6.45) is 0.892. The number of nitrogens with two attached hydrogens (primary N) is 1. The van der Waals surface area contributed by atoms with Crippen molar-refractivity contribution in [1.29, 1.82) is 5.41 Å². The van der Waals surface area contributed by atoms with Gasteiger partial charge in [-0.2, -0.15) is 0 Å². The van der Waals surface area contributed by atoms with Crippen LogP contribution in [0.1, 0.15) is 11.1 Å². The molecule has 0 saturated heterocycles. The fourth-order valence-corrected chi connectivity index (χ4v) is 2.48. The van der Waals surface area contributed by atoms with E-state index in [0.29, 0.717) is 6.61 Å². The normalized spacial score (nSPS) is 10.2. The van der Waals surface area contributed by atoms with Crippen molar-refractivity contribution >= 4 is 16.9 Å². The number of rotatable bonds is 7. The molecule has 2 aromatic carbocycles. The van der Waals surface area contributed by atoms with Crippen molar-refractivity contribution in [2.24, 2.45) is 5.73 Å². The number of methoxy groups -OCH3 is 1. The van der Waals surface area contributed by atoms with Crippen molar-refractivity contribution in [2.75, 3.05) is 12.9 Å². The molecule has 5 heteroatoms. The van der Waals surface area contributed by atoms with Crippen LogP contribution in [0.3, 0.4) is 0 Å². The molecule has 0 aliphatic rings. The molecule has 0 fully saturated rings. The van der Waals surface area contributed by atoms with E-state index < -0.39 is 0 Å². The topological polar surface area (TPSA) is 68.3 Å². The van der Waals surface area contributed by atoms with Crippen molar-refractivity contribution < 1.29 is 9.47 Å². The molecule has 0 aliphatic heterocycles. The third kappa shape index (κ3) is 5.33. The minimum Gasteiger partial charge on any atom is -0.497 e. The fraction of sp³-hybridized carbons (Fsp3) is 0.235. The zero-order valence-electron chi connectivity index (χ0n) is 12.5. The summed E-state index contributed by atoms with van der Waals surface area (Å²) >= 11 is 1.36. The third-order valence-corrected chi connectivity index (χ3v) is 3.86. The van der Waals surface area contributed by atoms with Gasteiger partial charge >= 0.3 is 0 Å². The maximum Gasteiger partial charge on any atom is 0.151 e. The zero-order valence-corrected chi connectivity index (χ0v) is 13.4. The first-order chi connectivity index (χ1) is 10.7. The van der Waals surface area contributed by atoms with E-state index in [1.54, 1.807) is 7.11 Å². The highest BCUT2D eigenvalue weighted by Crippen LogP contribution is 2.17. The standard InChI is InChI=1S/C17H20N2O2S/c1-20-15-6-4-14(5-7-15)12-21-16-8-2-13(3-9-16)10-11-22-17(18)19/h2-9H,10-12H2,1H3,(H3,18,19). The number of nitrogens with one attached hydrogen (secondary N) is 1. The largest absolute Gasteiger partial charge is 0.497 e. The van der Waals surface area contributed by atoms with E-state index in [9.17, 15) is 0 Å². The lowest BCUT2D eigenvalue weighted by molar-refractivity contribution is 0.306. The van der Waals surface area contributed by atoms with Crippen LogP contribution in [0.2, 0.25) is 0 Å². The van der Waals surface area contributed by atoms with Crippen LogP contribution in [0.5, 0.6) is 11.5 Å². The Morgan fingerprint density at radius 2 is 1.59 bits per heavy atom. The van der Waals surface area contributed by atoms with Gasteiger partial charge < -0.3 is 15.2 Å². The van der Waals surface area contributed by atoms with Gasteiger partial charge in [-0.3, -0.25) is 5.41 Å². The molecule has 0 amide bonds. The number of benzene rings is 2. The van der Waals surface area contributed by atoms with Crippen LogP contribution in [0.15, 0.2) is 48.5 Å². The minimum atomic E-state index is 0.166. The molecule has 0 aromatic heterocycles. The van der Waals surface area contributed by atoms with Crippen LogP contribution < -0.4 is 15.2 Å². The second-order valence-electron chi connectivity index (χ2n) is 4.74. The Hall–Kier alpha value is -2.14. The maximum atomic E-state index is 7.17. The predicted molar refractivity (Wildman–Crippen MR) is 91.8 cm³/mol. The summed E-state index contributed by atoms with van der Waals surface area (Å²) < 4.78 is 10.9. The summed E-state index contributed by atoms with van der Waals surface area (Å²) in [5, 5.41) is 7.34. The molecule has 0 atom stereocenters. The van der Waals surface area contributed by atoms with Gasteiger partial charge in [-0.15, -0.1) is 0 Å². The molecule has 2 aromatic rings. The second kappa shape index (κ2) is 8.34. The van der Waals surface area contributed by atoms with Crippen LogP contribution in [0.25, 0.3) is 0 Å². The van der Waals surface area contributed by atoms with Crippen LogP contribution in [0.4, 0.5) is 0 Å². The molecule has 0 unspecified atom stereocenters. The molecule has 0 heterocycles. The van der Waals surface area contributed by atoms with Gasteiger partial charge in [-0.25, -0.2) is 0 Å².